The largest absolute Gasteiger partial charge is 0.480 e. The van der Waals surface area contributed by atoms with E-state index in [1.54, 1.807) is 0 Å². The highest BCUT2D eigenvalue weighted by Crippen LogP contribution is 2.44. The monoisotopic (exact) mass is 409 g/mol. The van der Waals surface area contributed by atoms with E-state index in [0.717, 1.165) is 54.7 Å². The molecule has 0 bridgehead atoms. The zero-order chi connectivity index (χ0) is 20.9. The minimum atomic E-state index is -1.04. The quantitative estimate of drug-likeness (QED) is 0.683. The highest BCUT2D eigenvalue weighted by atomic mass is 16.5. The van der Waals surface area contributed by atoms with Crippen LogP contribution in [0.5, 0.6) is 0 Å². The zero-order valence-electron chi connectivity index (χ0n) is 16.9. The van der Waals surface area contributed by atoms with E-state index < -0.39 is 18.1 Å². The van der Waals surface area contributed by atoms with Gasteiger partial charge >= 0.3 is 12.1 Å². The zero-order valence-corrected chi connectivity index (χ0v) is 16.9. The molecule has 0 spiro atoms. The average molecular weight is 409 g/mol. The number of alkyl carbamates (subject to hydrolysis) is 1. The Bertz CT molecular complexity index is 860. The first-order chi connectivity index (χ1) is 14.6. The van der Waals surface area contributed by atoms with Crippen LogP contribution in [0.4, 0.5) is 4.79 Å². The fourth-order valence-corrected chi connectivity index (χ4v) is 4.46. The highest BCUT2D eigenvalue weighted by molar-refractivity contribution is 5.81. The number of carbonyl (C=O) groups is 2. The summed E-state index contributed by atoms with van der Waals surface area (Å²) in [7, 11) is 0. The number of carboxylic acids is 1. The molecule has 2 aromatic rings. The van der Waals surface area contributed by atoms with Crippen LogP contribution in [0.25, 0.3) is 11.1 Å². The molecule has 2 unspecified atom stereocenters. The molecule has 6 heteroatoms. The van der Waals surface area contributed by atoms with Crippen molar-refractivity contribution >= 4 is 12.1 Å². The molecule has 0 radical (unpaired) electrons. The van der Waals surface area contributed by atoms with Gasteiger partial charge in [0.2, 0.25) is 0 Å². The topological polar surface area (TPSA) is 84.9 Å². The first-order valence-corrected chi connectivity index (χ1v) is 10.6. The van der Waals surface area contributed by atoms with E-state index in [9.17, 15) is 14.7 Å². The summed E-state index contributed by atoms with van der Waals surface area (Å²) in [6.45, 7) is 1.70. The van der Waals surface area contributed by atoms with Crippen molar-refractivity contribution in [2.24, 2.45) is 5.92 Å². The number of hydrogen-bond acceptors (Lipinski definition) is 4. The van der Waals surface area contributed by atoms with Gasteiger partial charge in [0.25, 0.3) is 0 Å². The molecule has 158 valence electrons. The van der Waals surface area contributed by atoms with Gasteiger partial charge in [0, 0.05) is 19.1 Å². The summed E-state index contributed by atoms with van der Waals surface area (Å²) >= 11 is 0. The molecule has 2 aliphatic rings. The van der Waals surface area contributed by atoms with Crippen LogP contribution in [0, 0.1) is 5.92 Å². The normalized spacial score (nSPS) is 18.5. The molecule has 1 amide bonds. The summed E-state index contributed by atoms with van der Waals surface area (Å²) in [5.41, 5.74) is 4.56. The second-order valence-electron chi connectivity index (χ2n) is 8.02. The Morgan fingerprint density at radius 2 is 1.77 bits per heavy atom. The van der Waals surface area contributed by atoms with Crippen LogP contribution in [0.2, 0.25) is 0 Å². The third kappa shape index (κ3) is 4.49. The fraction of sp³-hybridized carbons (Fsp3) is 0.417. The molecular weight excluding hydrogens is 382 g/mol. The smallest absolute Gasteiger partial charge is 0.407 e. The molecule has 1 heterocycles. The van der Waals surface area contributed by atoms with Crippen LogP contribution in [0.3, 0.4) is 0 Å². The Kier molecular flexibility index (Phi) is 6.33. The lowest BCUT2D eigenvalue weighted by atomic mass is 9.98. The number of carbonyl (C=O) groups excluding carboxylic acids is 1. The third-order valence-corrected chi connectivity index (χ3v) is 6.06. The highest BCUT2D eigenvalue weighted by Gasteiger charge is 2.29. The molecule has 2 N–H and O–H groups in total. The number of fused-ring (bicyclic) bond motifs is 3. The summed E-state index contributed by atoms with van der Waals surface area (Å²) in [6.07, 6.45) is 2.37. The van der Waals surface area contributed by atoms with E-state index in [4.69, 9.17) is 9.47 Å². The SMILES string of the molecule is O=C(NC(CCCC1CCOC1)C(=O)O)OCC1c2ccccc2-c2ccccc21. The number of benzene rings is 2. The predicted molar refractivity (Wildman–Crippen MR) is 112 cm³/mol. The molecule has 2 aromatic carbocycles. The number of amides is 1. The van der Waals surface area contributed by atoms with E-state index >= 15 is 0 Å². The van der Waals surface area contributed by atoms with Crippen LogP contribution >= 0.6 is 0 Å². The van der Waals surface area contributed by atoms with Gasteiger partial charge < -0.3 is 19.9 Å². The van der Waals surface area contributed by atoms with Crippen LogP contribution < -0.4 is 5.32 Å². The minimum Gasteiger partial charge on any atom is -0.480 e. The lowest BCUT2D eigenvalue weighted by molar-refractivity contribution is -0.139. The molecule has 1 saturated heterocycles. The van der Waals surface area contributed by atoms with Gasteiger partial charge in [-0.3, -0.25) is 0 Å². The standard InChI is InChI=1S/C24H27NO5/c26-23(27)22(11-5-6-16-12-13-29-14-16)25-24(28)30-15-21-19-9-3-1-7-17(19)18-8-2-4-10-20(18)21/h1-4,7-10,16,21-22H,5-6,11-15H2,(H,25,28)(H,26,27). The van der Waals surface area contributed by atoms with Crippen molar-refractivity contribution in [2.75, 3.05) is 19.8 Å². The van der Waals surface area contributed by atoms with Gasteiger partial charge in [0.1, 0.15) is 12.6 Å². The average Bonchev–Trinajstić information content (AvgIpc) is 3.38. The molecule has 6 nitrogen and oxygen atoms in total. The van der Waals surface area contributed by atoms with E-state index in [1.807, 2.05) is 36.4 Å². The van der Waals surface area contributed by atoms with Gasteiger partial charge in [-0.05, 0) is 47.4 Å². The van der Waals surface area contributed by atoms with E-state index in [2.05, 4.69) is 17.4 Å². The Hall–Kier alpha value is -2.86. The van der Waals surface area contributed by atoms with Crippen molar-refractivity contribution < 1.29 is 24.2 Å². The van der Waals surface area contributed by atoms with Crippen molar-refractivity contribution in [1.82, 2.24) is 5.32 Å². The van der Waals surface area contributed by atoms with Crippen LogP contribution in [0.15, 0.2) is 48.5 Å². The molecule has 0 aromatic heterocycles. The van der Waals surface area contributed by atoms with Gasteiger partial charge in [0.15, 0.2) is 0 Å². The van der Waals surface area contributed by atoms with Crippen molar-refractivity contribution in [3.63, 3.8) is 0 Å². The van der Waals surface area contributed by atoms with E-state index in [-0.39, 0.29) is 12.5 Å². The molecule has 30 heavy (non-hydrogen) atoms. The van der Waals surface area contributed by atoms with E-state index in [1.165, 1.54) is 0 Å². The molecular formula is C24H27NO5. The summed E-state index contributed by atoms with van der Waals surface area (Å²) in [6, 6.07) is 15.3. The molecule has 0 saturated carbocycles. The van der Waals surface area contributed by atoms with Crippen LogP contribution in [-0.4, -0.2) is 43.0 Å². The summed E-state index contributed by atoms with van der Waals surface area (Å²) in [5.74, 6) is -0.589. The van der Waals surface area contributed by atoms with Gasteiger partial charge in [0.05, 0.1) is 0 Å². The Balaban J connectivity index is 1.33. The van der Waals surface area contributed by atoms with Crippen molar-refractivity contribution in [3.8, 4) is 11.1 Å². The number of nitrogens with one attached hydrogen (secondary N) is 1. The van der Waals surface area contributed by atoms with Crippen molar-refractivity contribution in [1.29, 1.82) is 0 Å². The maximum Gasteiger partial charge on any atom is 0.407 e. The van der Waals surface area contributed by atoms with Crippen molar-refractivity contribution in [3.05, 3.63) is 59.7 Å². The Morgan fingerprint density at radius 3 is 2.37 bits per heavy atom. The van der Waals surface area contributed by atoms with Crippen LogP contribution in [-0.2, 0) is 14.3 Å². The molecule has 1 fully saturated rings. The molecule has 2 atom stereocenters. The lowest BCUT2D eigenvalue weighted by Crippen LogP contribution is -2.41. The summed E-state index contributed by atoms with van der Waals surface area (Å²) in [4.78, 5) is 23.9. The molecule has 1 aliphatic carbocycles. The van der Waals surface area contributed by atoms with Gasteiger partial charge in [-0.25, -0.2) is 9.59 Å². The number of aliphatic carboxylic acids is 1. The van der Waals surface area contributed by atoms with Crippen molar-refractivity contribution in [2.45, 2.75) is 37.6 Å². The van der Waals surface area contributed by atoms with Crippen LogP contribution in [0.1, 0.15) is 42.7 Å². The first kappa shape index (κ1) is 20.4. The van der Waals surface area contributed by atoms with Gasteiger partial charge in [-0.1, -0.05) is 55.0 Å². The minimum absolute atomic E-state index is 0.0474. The van der Waals surface area contributed by atoms with E-state index in [0.29, 0.717) is 12.3 Å². The Labute approximate surface area is 176 Å². The summed E-state index contributed by atoms with van der Waals surface area (Å²) in [5, 5.41) is 12.0. The number of rotatable bonds is 8. The number of hydrogen-bond donors (Lipinski definition) is 2. The molecule has 4 rings (SSSR count). The summed E-state index contributed by atoms with van der Waals surface area (Å²) < 4.78 is 10.8. The first-order valence-electron chi connectivity index (χ1n) is 10.6. The maximum absolute atomic E-state index is 12.3. The Morgan fingerprint density at radius 1 is 1.10 bits per heavy atom. The predicted octanol–water partition coefficient (Wildman–Crippen LogP) is 4.19. The second kappa shape index (κ2) is 9.30. The molecule has 1 aliphatic heterocycles. The maximum atomic E-state index is 12.3. The lowest BCUT2D eigenvalue weighted by Gasteiger charge is -2.18. The van der Waals surface area contributed by atoms with Gasteiger partial charge in [-0.15, -0.1) is 0 Å². The fourth-order valence-electron chi connectivity index (χ4n) is 4.46. The number of carboxylic acid groups (broad SMARTS) is 1. The second-order valence-corrected chi connectivity index (χ2v) is 8.02. The van der Waals surface area contributed by atoms with Gasteiger partial charge in [-0.2, -0.15) is 0 Å². The number of ether oxygens (including phenoxy) is 2. The third-order valence-electron chi connectivity index (χ3n) is 6.06.